The maximum atomic E-state index is 5.32. The van der Waals surface area contributed by atoms with E-state index in [2.05, 4.69) is 10.2 Å². The summed E-state index contributed by atoms with van der Waals surface area (Å²) in [7, 11) is 0. The fourth-order valence-electron chi connectivity index (χ4n) is 0.436. The van der Waals surface area contributed by atoms with Crippen LogP contribution in [0.3, 0.4) is 0 Å². The smallest absolute Gasteiger partial charge is 0.126 e. The Morgan fingerprint density at radius 1 is 1.62 bits per heavy atom. The number of amidine groups is 1. The molecule has 0 aromatic carbocycles. The average molecular weight is 109 g/mol. The Morgan fingerprint density at radius 2 is 2.50 bits per heavy atom. The first-order valence-electron chi connectivity index (χ1n) is 2.40. The van der Waals surface area contributed by atoms with Gasteiger partial charge in [-0.3, -0.25) is 0 Å². The van der Waals surface area contributed by atoms with Crippen molar-refractivity contribution >= 4 is 12.1 Å². The minimum atomic E-state index is 0.565. The van der Waals surface area contributed by atoms with E-state index in [-0.39, 0.29) is 0 Å². The molecule has 0 bridgehead atoms. The molecular formula is C5H7N3. The first kappa shape index (κ1) is 5.03. The Hall–Kier alpha value is -1.12. The molecule has 0 aromatic heterocycles. The Balaban J connectivity index is 2.69. The zero-order valence-electron chi connectivity index (χ0n) is 4.41. The van der Waals surface area contributed by atoms with E-state index >= 15 is 0 Å². The molecule has 1 aliphatic heterocycles. The third kappa shape index (κ3) is 1.18. The average Bonchev–Trinajstić information content (AvgIpc) is 1.94. The summed E-state index contributed by atoms with van der Waals surface area (Å²) in [4.78, 5) is 0. The second-order valence-electron chi connectivity index (χ2n) is 1.49. The molecule has 0 amide bonds. The highest BCUT2D eigenvalue weighted by molar-refractivity contribution is 5.85. The van der Waals surface area contributed by atoms with Gasteiger partial charge in [0.1, 0.15) is 5.84 Å². The normalized spacial score (nSPS) is 17.8. The molecule has 1 rings (SSSR count). The fourth-order valence-corrected chi connectivity index (χ4v) is 0.436. The van der Waals surface area contributed by atoms with Crippen molar-refractivity contribution in [3.05, 3.63) is 12.2 Å². The van der Waals surface area contributed by atoms with Gasteiger partial charge in [-0.1, -0.05) is 6.08 Å². The van der Waals surface area contributed by atoms with E-state index in [1.807, 2.05) is 12.2 Å². The predicted molar refractivity (Wildman–Crippen MR) is 33.9 cm³/mol. The third-order valence-electron chi connectivity index (χ3n) is 0.802. The van der Waals surface area contributed by atoms with Crippen molar-refractivity contribution in [2.45, 2.75) is 6.42 Å². The summed E-state index contributed by atoms with van der Waals surface area (Å²) in [5, 5.41) is 7.23. The lowest BCUT2D eigenvalue weighted by atomic mass is 10.4. The van der Waals surface area contributed by atoms with Gasteiger partial charge in [0.15, 0.2) is 0 Å². The minimum Gasteiger partial charge on any atom is -0.385 e. The molecular weight excluding hydrogens is 102 g/mol. The quantitative estimate of drug-likeness (QED) is 0.477. The minimum absolute atomic E-state index is 0.565. The van der Waals surface area contributed by atoms with E-state index in [0.29, 0.717) is 12.3 Å². The highest BCUT2D eigenvalue weighted by Crippen LogP contribution is 1.87. The van der Waals surface area contributed by atoms with Crippen LogP contribution in [0.25, 0.3) is 0 Å². The van der Waals surface area contributed by atoms with Crippen LogP contribution in [0.4, 0.5) is 0 Å². The lowest BCUT2D eigenvalue weighted by Gasteiger charge is -1.84. The summed E-state index contributed by atoms with van der Waals surface area (Å²) in [6.07, 6.45) is 6.05. The molecule has 3 nitrogen and oxygen atoms in total. The predicted octanol–water partition coefficient (Wildman–Crippen LogP) is 0.289. The molecule has 0 atom stereocenters. The summed E-state index contributed by atoms with van der Waals surface area (Å²) in [6, 6.07) is 0. The first-order valence-corrected chi connectivity index (χ1v) is 2.40. The number of hydrogen-bond donors (Lipinski definition) is 1. The van der Waals surface area contributed by atoms with Crippen LogP contribution in [-0.2, 0) is 0 Å². The molecule has 0 unspecified atom stereocenters. The maximum Gasteiger partial charge on any atom is 0.126 e. The lowest BCUT2D eigenvalue weighted by Crippen LogP contribution is -2.08. The number of rotatable bonds is 0. The van der Waals surface area contributed by atoms with Gasteiger partial charge < -0.3 is 5.73 Å². The van der Waals surface area contributed by atoms with Crippen LogP contribution in [0.1, 0.15) is 6.42 Å². The van der Waals surface area contributed by atoms with Gasteiger partial charge in [-0.15, -0.1) is 5.10 Å². The molecule has 3 heteroatoms. The lowest BCUT2D eigenvalue weighted by molar-refractivity contribution is 1.21. The standard InChI is InChI=1S/C5H7N3/c6-5-3-1-2-4-7-8-5/h1-2,4H,3H2,(H2,6,8). The summed E-state index contributed by atoms with van der Waals surface area (Å²) in [6.45, 7) is 0. The van der Waals surface area contributed by atoms with Crippen molar-refractivity contribution in [2.24, 2.45) is 15.9 Å². The van der Waals surface area contributed by atoms with E-state index in [0.717, 1.165) is 0 Å². The van der Waals surface area contributed by atoms with Gasteiger partial charge in [-0.05, 0) is 6.08 Å². The summed E-state index contributed by atoms with van der Waals surface area (Å²) in [5.74, 6) is 0.565. The highest BCUT2D eigenvalue weighted by atomic mass is 15.2. The van der Waals surface area contributed by atoms with Gasteiger partial charge in [-0.2, -0.15) is 5.10 Å². The zero-order valence-corrected chi connectivity index (χ0v) is 4.41. The Morgan fingerprint density at radius 3 is 3.38 bits per heavy atom. The van der Waals surface area contributed by atoms with Crippen molar-refractivity contribution < 1.29 is 0 Å². The molecule has 1 heterocycles. The molecule has 0 saturated carbocycles. The van der Waals surface area contributed by atoms with Crippen LogP contribution in [-0.4, -0.2) is 12.1 Å². The zero-order chi connectivity index (χ0) is 5.82. The van der Waals surface area contributed by atoms with Crippen molar-refractivity contribution in [1.29, 1.82) is 0 Å². The summed E-state index contributed by atoms with van der Waals surface area (Å²) in [5.41, 5.74) is 5.32. The van der Waals surface area contributed by atoms with E-state index in [1.54, 1.807) is 6.21 Å². The molecule has 2 N–H and O–H groups in total. The molecule has 0 aliphatic carbocycles. The van der Waals surface area contributed by atoms with Crippen LogP contribution in [0.5, 0.6) is 0 Å². The molecule has 0 spiro atoms. The van der Waals surface area contributed by atoms with Gasteiger partial charge in [-0.25, -0.2) is 0 Å². The SMILES string of the molecule is NC1=NN=CC=CC1. The second-order valence-corrected chi connectivity index (χ2v) is 1.49. The Kier molecular flexibility index (Phi) is 1.42. The van der Waals surface area contributed by atoms with Crippen molar-refractivity contribution in [2.75, 3.05) is 0 Å². The molecule has 1 aliphatic rings. The Bertz CT molecular complexity index is 155. The molecule has 42 valence electrons. The van der Waals surface area contributed by atoms with E-state index < -0.39 is 0 Å². The number of nitrogens with two attached hydrogens (primary N) is 1. The molecule has 0 aromatic rings. The fraction of sp³-hybridized carbons (Fsp3) is 0.200. The van der Waals surface area contributed by atoms with Crippen LogP contribution < -0.4 is 5.73 Å². The van der Waals surface area contributed by atoms with E-state index in [9.17, 15) is 0 Å². The van der Waals surface area contributed by atoms with Gasteiger partial charge in [0.25, 0.3) is 0 Å². The van der Waals surface area contributed by atoms with Crippen molar-refractivity contribution in [3.8, 4) is 0 Å². The molecule has 8 heavy (non-hydrogen) atoms. The largest absolute Gasteiger partial charge is 0.385 e. The number of hydrogen-bond acceptors (Lipinski definition) is 3. The summed E-state index contributed by atoms with van der Waals surface area (Å²) < 4.78 is 0. The van der Waals surface area contributed by atoms with Gasteiger partial charge >= 0.3 is 0 Å². The third-order valence-corrected chi connectivity index (χ3v) is 0.802. The monoisotopic (exact) mass is 109 g/mol. The highest BCUT2D eigenvalue weighted by Gasteiger charge is 1.86. The second kappa shape index (κ2) is 2.26. The van der Waals surface area contributed by atoms with Crippen LogP contribution in [0.2, 0.25) is 0 Å². The molecule has 0 saturated heterocycles. The van der Waals surface area contributed by atoms with Crippen LogP contribution in [0.15, 0.2) is 22.4 Å². The molecule has 0 fully saturated rings. The Labute approximate surface area is 47.6 Å². The number of allylic oxidation sites excluding steroid dienone is 1. The van der Waals surface area contributed by atoms with Crippen LogP contribution in [0, 0.1) is 0 Å². The van der Waals surface area contributed by atoms with Crippen molar-refractivity contribution in [1.82, 2.24) is 0 Å². The van der Waals surface area contributed by atoms with Gasteiger partial charge in [0, 0.05) is 12.6 Å². The van der Waals surface area contributed by atoms with E-state index in [1.165, 1.54) is 0 Å². The first-order chi connectivity index (χ1) is 3.89. The number of nitrogens with zero attached hydrogens (tertiary/aromatic N) is 2. The molecule has 0 radical (unpaired) electrons. The maximum absolute atomic E-state index is 5.32. The topological polar surface area (TPSA) is 50.7 Å². The van der Waals surface area contributed by atoms with E-state index in [4.69, 9.17) is 5.73 Å². The summed E-state index contributed by atoms with van der Waals surface area (Å²) >= 11 is 0. The van der Waals surface area contributed by atoms with Crippen molar-refractivity contribution in [3.63, 3.8) is 0 Å². The van der Waals surface area contributed by atoms with Gasteiger partial charge in [0.05, 0.1) is 0 Å². The van der Waals surface area contributed by atoms with Crippen LogP contribution >= 0.6 is 0 Å². The van der Waals surface area contributed by atoms with Gasteiger partial charge in [0.2, 0.25) is 0 Å².